The van der Waals surface area contributed by atoms with Crippen LogP contribution in [0.2, 0.25) is 10.0 Å². The molecule has 1 aromatic heterocycles. The topological polar surface area (TPSA) is 66.9 Å². The van der Waals surface area contributed by atoms with E-state index in [9.17, 15) is 4.79 Å². The van der Waals surface area contributed by atoms with Crippen molar-refractivity contribution in [3.05, 3.63) is 76.7 Å². The van der Waals surface area contributed by atoms with Crippen LogP contribution in [-0.4, -0.2) is 15.9 Å². The summed E-state index contributed by atoms with van der Waals surface area (Å²) in [5, 5.41) is 7.01. The van der Waals surface area contributed by atoms with Crippen molar-refractivity contribution in [1.82, 2.24) is 9.97 Å². The Kier molecular flexibility index (Phi) is 4.93. The minimum atomic E-state index is -0.348. The third-order valence-electron chi connectivity index (χ3n) is 3.08. The van der Waals surface area contributed by atoms with Crippen LogP contribution in [0.15, 0.2) is 60.9 Å². The van der Waals surface area contributed by atoms with E-state index in [1.54, 1.807) is 36.4 Å². The van der Waals surface area contributed by atoms with Gasteiger partial charge in [-0.1, -0.05) is 29.3 Å². The number of benzene rings is 2. The number of hydrogen-bond donors (Lipinski definition) is 2. The highest BCUT2D eigenvalue weighted by Gasteiger charge is 2.08. The molecule has 2 aromatic carbocycles. The van der Waals surface area contributed by atoms with Gasteiger partial charge < -0.3 is 10.6 Å². The van der Waals surface area contributed by atoms with Crippen LogP contribution in [0, 0.1) is 0 Å². The van der Waals surface area contributed by atoms with E-state index in [0.29, 0.717) is 21.6 Å². The van der Waals surface area contributed by atoms with Crippen LogP contribution in [-0.2, 0) is 0 Å². The average Bonchev–Trinajstić information content (AvgIpc) is 2.57. The zero-order valence-electron chi connectivity index (χ0n) is 12.3. The minimum absolute atomic E-state index is 0.210. The standard InChI is InChI=1S/C17H12Cl2N4O/c18-11-4-6-13(7-5-11)23-17(24)15-9-21-16(10-20-15)22-14-3-1-2-12(19)8-14/h1-10H,(H,21,22)(H,23,24). The second-order valence-electron chi connectivity index (χ2n) is 4.88. The number of aromatic nitrogens is 2. The molecule has 3 aromatic rings. The van der Waals surface area contributed by atoms with E-state index < -0.39 is 0 Å². The lowest BCUT2D eigenvalue weighted by Gasteiger charge is -2.07. The fraction of sp³-hybridized carbons (Fsp3) is 0. The van der Waals surface area contributed by atoms with E-state index in [2.05, 4.69) is 20.6 Å². The highest BCUT2D eigenvalue weighted by molar-refractivity contribution is 6.31. The maximum absolute atomic E-state index is 12.1. The van der Waals surface area contributed by atoms with Crippen molar-refractivity contribution in [1.29, 1.82) is 0 Å². The van der Waals surface area contributed by atoms with Crippen LogP contribution in [0.4, 0.5) is 17.2 Å². The van der Waals surface area contributed by atoms with Gasteiger partial charge in [-0.15, -0.1) is 0 Å². The maximum Gasteiger partial charge on any atom is 0.275 e. The van der Waals surface area contributed by atoms with Crippen LogP contribution < -0.4 is 10.6 Å². The molecule has 0 saturated carbocycles. The first-order valence-electron chi connectivity index (χ1n) is 7.02. The van der Waals surface area contributed by atoms with E-state index in [1.165, 1.54) is 12.4 Å². The maximum atomic E-state index is 12.1. The Labute approximate surface area is 148 Å². The van der Waals surface area contributed by atoms with E-state index in [-0.39, 0.29) is 11.6 Å². The molecule has 120 valence electrons. The molecule has 3 rings (SSSR count). The molecule has 0 bridgehead atoms. The minimum Gasteiger partial charge on any atom is -0.339 e. The zero-order valence-corrected chi connectivity index (χ0v) is 13.8. The smallest absolute Gasteiger partial charge is 0.275 e. The molecule has 0 aliphatic heterocycles. The number of carbonyl (C=O) groups is 1. The van der Waals surface area contributed by atoms with Crippen LogP contribution in [0.25, 0.3) is 0 Å². The Bertz CT molecular complexity index is 851. The van der Waals surface area contributed by atoms with Gasteiger partial charge in [0.05, 0.1) is 12.4 Å². The Hall–Kier alpha value is -2.63. The molecule has 0 saturated heterocycles. The number of rotatable bonds is 4. The van der Waals surface area contributed by atoms with Crippen LogP contribution in [0.5, 0.6) is 0 Å². The van der Waals surface area contributed by atoms with E-state index >= 15 is 0 Å². The molecule has 0 fully saturated rings. The molecular formula is C17H12Cl2N4O. The predicted octanol–water partition coefficient (Wildman–Crippen LogP) is 4.78. The van der Waals surface area contributed by atoms with Gasteiger partial charge in [0.2, 0.25) is 0 Å². The molecule has 7 heteroatoms. The molecular weight excluding hydrogens is 347 g/mol. The first-order chi connectivity index (χ1) is 11.6. The molecule has 0 aliphatic rings. The zero-order chi connectivity index (χ0) is 16.9. The third-order valence-corrected chi connectivity index (χ3v) is 3.57. The van der Waals surface area contributed by atoms with Crippen molar-refractivity contribution in [2.75, 3.05) is 10.6 Å². The molecule has 0 spiro atoms. The van der Waals surface area contributed by atoms with E-state index in [4.69, 9.17) is 23.2 Å². The SMILES string of the molecule is O=C(Nc1ccc(Cl)cc1)c1cnc(Nc2cccc(Cl)c2)cn1. The first-order valence-corrected chi connectivity index (χ1v) is 7.77. The summed E-state index contributed by atoms with van der Waals surface area (Å²) in [7, 11) is 0. The molecule has 5 nitrogen and oxygen atoms in total. The van der Waals surface area contributed by atoms with Gasteiger partial charge in [-0.25, -0.2) is 9.97 Å². The first kappa shape index (κ1) is 16.2. The molecule has 0 radical (unpaired) electrons. The van der Waals surface area contributed by atoms with Gasteiger partial charge in [0.25, 0.3) is 5.91 Å². The quantitative estimate of drug-likeness (QED) is 0.704. The Morgan fingerprint density at radius 2 is 1.67 bits per heavy atom. The Balaban J connectivity index is 1.67. The lowest BCUT2D eigenvalue weighted by atomic mass is 10.3. The molecule has 2 N–H and O–H groups in total. The molecule has 0 unspecified atom stereocenters. The largest absolute Gasteiger partial charge is 0.339 e. The summed E-state index contributed by atoms with van der Waals surface area (Å²) in [5.41, 5.74) is 1.63. The van der Waals surface area contributed by atoms with E-state index in [0.717, 1.165) is 5.69 Å². The summed E-state index contributed by atoms with van der Waals surface area (Å²) >= 11 is 11.7. The van der Waals surface area contributed by atoms with Crippen LogP contribution in [0.1, 0.15) is 10.5 Å². The van der Waals surface area contributed by atoms with Crippen molar-refractivity contribution < 1.29 is 4.79 Å². The fourth-order valence-electron chi connectivity index (χ4n) is 1.95. The van der Waals surface area contributed by atoms with E-state index in [1.807, 2.05) is 12.1 Å². The van der Waals surface area contributed by atoms with Crippen molar-refractivity contribution >= 4 is 46.3 Å². The van der Waals surface area contributed by atoms with Gasteiger partial charge in [-0.3, -0.25) is 4.79 Å². The fourth-order valence-corrected chi connectivity index (χ4v) is 2.27. The van der Waals surface area contributed by atoms with Crippen molar-refractivity contribution in [2.45, 2.75) is 0 Å². The van der Waals surface area contributed by atoms with Crippen LogP contribution >= 0.6 is 23.2 Å². The Morgan fingerprint density at radius 3 is 2.33 bits per heavy atom. The van der Waals surface area contributed by atoms with Crippen LogP contribution in [0.3, 0.4) is 0 Å². The average molecular weight is 359 g/mol. The van der Waals surface area contributed by atoms with Gasteiger partial charge in [-0.2, -0.15) is 0 Å². The summed E-state index contributed by atoms with van der Waals surface area (Å²) in [4.78, 5) is 20.4. The summed E-state index contributed by atoms with van der Waals surface area (Å²) in [6, 6.07) is 14.0. The molecule has 1 amide bonds. The van der Waals surface area contributed by atoms with Gasteiger partial charge >= 0.3 is 0 Å². The number of halogens is 2. The van der Waals surface area contributed by atoms with Gasteiger partial charge in [0.1, 0.15) is 11.5 Å². The lowest BCUT2D eigenvalue weighted by Crippen LogP contribution is -2.14. The number of amides is 1. The lowest BCUT2D eigenvalue weighted by molar-refractivity contribution is 0.102. The summed E-state index contributed by atoms with van der Waals surface area (Å²) in [5.74, 6) is 0.166. The Morgan fingerprint density at radius 1 is 0.875 bits per heavy atom. The van der Waals surface area contributed by atoms with Crippen molar-refractivity contribution in [3.8, 4) is 0 Å². The third kappa shape index (κ3) is 4.22. The number of anilines is 3. The van der Waals surface area contributed by atoms with Gasteiger partial charge in [0.15, 0.2) is 0 Å². The normalized spacial score (nSPS) is 10.2. The number of nitrogens with zero attached hydrogens (tertiary/aromatic N) is 2. The van der Waals surface area contributed by atoms with Gasteiger partial charge in [0, 0.05) is 21.4 Å². The van der Waals surface area contributed by atoms with Gasteiger partial charge in [-0.05, 0) is 42.5 Å². The number of carbonyl (C=O) groups excluding carboxylic acids is 1. The summed E-state index contributed by atoms with van der Waals surface area (Å²) in [6.07, 6.45) is 2.88. The summed E-state index contributed by atoms with van der Waals surface area (Å²) in [6.45, 7) is 0. The predicted molar refractivity (Wildman–Crippen MR) is 96.2 cm³/mol. The molecule has 0 atom stereocenters. The number of hydrogen-bond acceptors (Lipinski definition) is 4. The molecule has 1 heterocycles. The number of nitrogens with one attached hydrogen (secondary N) is 2. The molecule has 24 heavy (non-hydrogen) atoms. The second kappa shape index (κ2) is 7.29. The second-order valence-corrected chi connectivity index (χ2v) is 5.76. The summed E-state index contributed by atoms with van der Waals surface area (Å²) < 4.78 is 0. The monoisotopic (exact) mass is 358 g/mol. The molecule has 0 aliphatic carbocycles. The highest BCUT2D eigenvalue weighted by atomic mass is 35.5. The van der Waals surface area contributed by atoms with Crippen molar-refractivity contribution in [2.24, 2.45) is 0 Å². The highest BCUT2D eigenvalue weighted by Crippen LogP contribution is 2.18. The van der Waals surface area contributed by atoms with Crippen molar-refractivity contribution in [3.63, 3.8) is 0 Å².